The normalized spacial score (nSPS) is 10.9. The summed E-state index contributed by atoms with van der Waals surface area (Å²) in [6.07, 6.45) is 3.57. The van der Waals surface area contributed by atoms with Crippen molar-refractivity contribution in [2.24, 2.45) is 7.05 Å². The first-order chi connectivity index (χ1) is 8.25. The van der Waals surface area contributed by atoms with Crippen molar-refractivity contribution < 1.29 is 0 Å². The standard InChI is InChI=1S/C13H10BrN3/c1-17-12-3-2-10(14)8-11(12)13(16-17)9-4-6-15-7-5-9/h2-8H,1H3. The number of pyridine rings is 1. The van der Waals surface area contributed by atoms with E-state index in [0.717, 1.165) is 26.6 Å². The number of fused-ring (bicyclic) bond motifs is 1. The molecular formula is C13H10BrN3. The Morgan fingerprint density at radius 2 is 1.88 bits per heavy atom. The van der Waals surface area contributed by atoms with E-state index in [2.05, 4.69) is 38.1 Å². The van der Waals surface area contributed by atoms with Crippen molar-refractivity contribution in [3.8, 4) is 11.3 Å². The molecule has 0 atom stereocenters. The molecule has 4 heteroatoms. The first kappa shape index (κ1) is 10.5. The number of nitrogens with zero attached hydrogens (tertiary/aromatic N) is 3. The van der Waals surface area contributed by atoms with Crippen LogP contribution in [0, 0.1) is 0 Å². The lowest BCUT2D eigenvalue weighted by Gasteiger charge is -1.97. The van der Waals surface area contributed by atoms with E-state index in [-0.39, 0.29) is 0 Å². The van der Waals surface area contributed by atoms with E-state index in [0.29, 0.717) is 0 Å². The molecule has 0 amide bonds. The van der Waals surface area contributed by atoms with Gasteiger partial charge >= 0.3 is 0 Å². The second kappa shape index (κ2) is 3.96. The Morgan fingerprint density at radius 1 is 1.12 bits per heavy atom. The van der Waals surface area contributed by atoms with E-state index in [4.69, 9.17) is 0 Å². The monoisotopic (exact) mass is 287 g/mol. The Balaban J connectivity index is 2.34. The SMILES string of the molecule is Cn1nc(-c2ccncc2)c2cc(Br)ccc21. The van der Waals surface area contributed by atoms with Gasteiger partial charge in [0.15, 0.2) is 0 Å². The fourth-order valence-electron chi connectivity index (χ4n) is 1.96. The minimum absolute atomic E-state index is 0.992. The maximum Gasteiger partial charge on any atom is 0.100 e. The quantitative estimate of drug-likeness (QED) is 0.687. The Labute approximate surface area is 107 Å². The Hall–Kier alpha value is -1.68. The van der Waals surface area contributed by atoms with Crippen molar-refractivity contribution in [1.82, 2.24) is 14.8 Å². The lowest BCUT2D eigenvalue weighted by molar-refractivity contribution is 0.800. The molecule has 0 spiro atoms. The molecule has 84 valence electrons. The molecular weight excluding hydrogens is 278 g/mol. The molecule has 2 heterocycles. The van der Waals surface area contributed by atoms with Gasteiger partial charge in [-0.15, -0.1) is 0 Å². The van der Waals surface area contributed by atoms with E-state index in [1.54, 1.807) is 12.4 Å². The van der Waals surface area contributed by atoms with Crippen molar-refractivity contribution in [2.75, 3.05) is 0 Å². The van der Waals surface area contributed by atoms with E-state index in [9.17, 15) is 0 Å². The second-order valence-corrected chi connectivity index (χ2v) is 4.79. The Morgan fingerprint density at radius 3 is 2.65 bits per heavy atom. The molecule has 3 nitrogen and oxygen atoms in total. The third-order valence-corrected chi connectivity index (χ3v) is 3.26. The smallest absolute Gasteiger partial charge is 0.100 e. The van der Waals surface area contributed by atoms with Crippen molar-refractivity contribution in [2.45, 2.75) is 0 Å². The summed E-state index contributed by atoms with van der Waals surface area (Å²) in [5.41, 5.74) is 3.20. The van der Waals surface area contributed by atoms with Crippen LogP contribution in [0.15, 0.2) is 47.2 Å². The van der Waals surface area contributed by atoms with Crippen molar-refractivity contribution >= 4 is 26.8 Å². The van der Waals surface area contributed by atoms with Crippen molar-refractivity contribution in [1.29, 1.82) is 0 Å². The van der Waals surface area contributed by atoms with Gasteiger partial charge in [0.05, 0.1) is 5.52 Å². The predicted molar refractivity (Wildman–Crippen MR) is 71.6 cm³/mol. The molecule has 0 fully saturated rings. The number of aryl methyl sites for hydroxylation is 1. The van der Waals surface area contributed by atoms with Gasteiger partial charge in [-0.2, -0.15) is 5.10 Å². The van der Waals surface area contributed by atoms with Gasteiger partial charge in [0.1, 0.15) is 5.69 Å². The number of aromatic nitrogens is 3. The van der Waals surface area contributed by atoms with Crippen LogP contribution in [0.1, 0.15) is 0 Å². The van der Waals surface area contributed by atoms with Crippen LogP contribution in [-0.4, -0.2) is 14.8 Å². The van der Waals surface area contributed by atoms with Crippen LogP contribution in [0.4, 0.5) is 0 Å². The van der Waals surface area contributed by atoms with E-state index >= 15 is 0 Å². The molecule has 0 radical (unpaired) electrons. The van der Waals surface area contributed by atoms with Gasteiger partial charge in [-0.3, -0.25) is 9.67 Å². The molecule has 0 N–H and O–H groups in total. The summed E-state index contributed by atoms with van der Waals surface area (Å²) < 4.78 is 2.96. The summed E-state index contributed by atoms with van der Waals surface area (Å²) >= 11 is 3.50. The summed E-state index contributed by atoms with van der Waals surface area (Å²) in [6.45, 7) is 0. The first-order valence-corrected chi connectivity index (χ1v) is 6.07. The first-order valence-electron chi connectivity index (χ1n) is 5.28. The van der Waals surface area contributed by atoms with Gasteiger partial charge < -0.3 is 0 Å². The van der Waals surface area contributed by atoms with Crippen LogP contribution in [0.2, 0.25) is 0 Å². The minimum atomic E-state index is 0.992. The van der Waals surface area contributed by atoms with Crippen LogP contribution >= 0.6 is 15.9 Å². The maximum atomic E-state index is 4.57. The molecule has 0 saturated heterocycles. The fraction of sp³-hybridized carbons (Fsp3) is 0.0769. The zero-order valence-corrected chi connectivity index (χ0v) is 10.8. The topological polar surface area (TPSA) is 30.7 Å². The zero-order chi connectivity index (χ0) is 11.8. The van der Waals surface area contributed by atoms with Crippen LogP contribution in [0.3, 0.4) is 0 Å². The van der Waals surface area contributed by atoms with Crippen molar-refractivity contribution in [3.63, 3.8) is 0 Å². The average molecular weight is 288 g/mol. The summed E-state index contributed by atoms with van der Waals surface area (Å²) in [5, 5.41) is 5.72. The van der Waals surface area contributed by atoms with E-state index < -0.39 is 0 Å². The van der Waals surface area contributed by atoms with Gasteiger partial charge in [-0.1, -0.05) is 15.9 Å². The van der Waals surface area contributed by atoms with Crippen LogP contribution in [0.25, 0.3) is 22.2 Å². The Bertz CT molecular complexity index is 674. The Kier molecular flexibility index (Phi) is 2.44. The highest BCUT2D eigenvalue weighted by atomic mass is 79.9. The highest BCUT2D eigenvalue weighted by Crippen LogP contribution is 2.29. The molecule has 17 heavy (non-hydrogen) atoms. The van der Waals surface area contributed by atoms with Crippen LogP contribution < -0.4 is 0 Å². The summed E-state index contributed by atoms with van der Waals surface area (Å²) in [4.78, 5) is 4.03. The van der Waals surface area contributed by atoms with Gasteiger partial charge in [0.25, 0.3) is 0 Å². The molecule has 0 bridgehead atoms. The predicted octanol–water partition coefficient (Wildman–Crippen LogP) is 3.40. The highest BCUT2D eigenvalue weighted by molar-refractivity contribution is 9.10. The molecule has 0 saturated carbocycles. The molecule has 0 aliphatic carbocycles. The zero-order valence-electron chi connectivity index (χ0n) is 9.26. The lowest BCUT2D eigenvalue weighted by Crippen LogP contribution is -1.89. The largest absolute Gasteiger partial charge is 0.267 e. The summed E-state index contributed by atoms with van der Waals surface area (Å²) in [7, 11) is 1.96. The molecule has 0 unspecified atom stereocenters. The number of hydrogen-bond donors (Lipinski definition) is 0. The van der Waals surface area contributed by atoms with Gasteiger partial charge in [-0.25, -0.2) is 0 Å². The molecule has 3 aromatic rings. The number of hydrogen-bond acceptors (Lipinski definition) is 2. The van der Waals surface area contributed by atoms with Gasteiger partial charge in [-0.05, 0) is 30.3 Å². The molecule has 0 aliphatic rings. The number of rotatable bonds is 1. The van der Waals surface area contributed by atoms with Gasteiger partial charge in [0, 0.05) is 34.9 Å². The van der Waals surface area contributed by atoms with Crippen LogP contribution in [-0.2, 0) is 7.05 Å². The molecule has 1 aromatic carbocycles. The lowest BCUT2D eigenvalue weighted by atomic mass is 10.1. The summed E-state index contributed by atoms with van der Waals surface area (Å²) in [5.74, 6) is 0. The van der Waals surface area contributed by atoms with Crippen LogP contribution in [0.5, 0.6) is 0 Å². The third-order valence-electron chi connectivity index (χ3n) is 2.77. The highest BCUT2D eigenvalue weighted by Gasteiger charge is 2.10. The number of benzene rings is 1. The fourth-order valence-corrected chi connectivity index (χ4v) is 2.32. The van der Waals surface area contributed by atoms with E-state index in [1.165, 1.54) is 0 Å². The molecule has 0 aliphatic heterocycles. The minimum Gasteiger partial charge on any atom is -0.267 e. The van der Waals surface area contributed by atoms with Gasteiger partial charge in [0.2, 0.25) is 0 Å². The van der Waals surface area contributed by atoms with E-state index in [1.807, 2.05) is 29.9 Å². The maximum absolute atomic E-state index is 4.57. The second-order valence-electron chi connectivity index (χ2n) is 3.87. The molecule has 3 rings (SSSR count). The molecule has 2 aromatic heterocycles. The summed E-state index contributed by atoms with van der Waals surface area (Å²) in [6, 6.07) is 10.1. The average Bonchev–Trinajstić information content (AvgIpc) is 2.67. The number of halogens is 1. The third kappa shape index (κ3) is 1.74. The van der Waals surface area contributed by atoms with Crippen molar-refractivity contribution in [3.05, 3.63) is 47.2 Å².